The number of rotatable bonds is 9. The van der Waals surface area contributed by atoms with Gasteiger partial charge >= 0.3 is 0 Å². The number of halogens is 3. The van der Waals surface area contributed by atoms with E-state index in [0.29, 0.717) is 38.8 Å². The minimum absolute atomic E-state index is 0.143. The van der Waals surface area contributed by atoms with Crippen molar-refractivity contribution in [2.45, 2.75) is 33.4 Å². The Balaban J connectivity index is 2.18. The summed E-state index contributed by atoms with van der Waals surface area (Å²) < 4.78 is 5.58. The number of nitrogens with one attached hydrogen (secondary N) is 1. The maximum absolute atomic E-state index is 13.0. The number of hydrogen-bond acceptors (Lipinski definition) is 3. The van der Waals surface area contributed by atoms with Crippen molar-refractivity contribution in [3.63, 3.8) is 0 Å². The first-order chi connectivity index (χ1) is 14.2. The molecule has 2 rings (SSSR count). The molecular weight excluding hydrogens is 447 g/mol. The molecule has 1 atom stereocenters. The molecule has 0 saturated carbocycles. The lowest BCUT2D eigenvalue weighted by atomic mass is 10.1. The van der Waals surface area contributed by atoms with E-state index in [1.807, 2.05) is 13.8 Å². The van der Waals surface area contributed by atoms with Crippen LogP contribution in [0.2, 0.25) is 15.1 Å². The smallest absolute Gasteiger partial charge is 0.261 e. The molecule has 0 aromatic heterocycles. The minimum atomic E-state index is -0.717. The maximum Gasteiger partial charge on any atom is 0.261 e. The Morgan fingerprint density at radius 2 is 1.73 bits per heavy atom. The molecule has 0 unspecified atom stereocenters. The van der Waals surface area contributed by atoms with Crippen LogP contribution in [0.3, 0.4) is 0 Å². The van der Waals surface area contributed by atoms with Crippen LogP contribution in [0.4, 0.5) is 0 Å². The van der Waals surface area contributed by atoms with Gasteiger partial charge in [-0.3, -0.25) is 9.59 Å². The van der Waals surface area contributed by atoms with Crippen LogP contribution < -0.4 is 10.1 Å². The summed E-state index contributed by atoms with van der Waals surface area (Å²) in [6, 6.07) is 11.1. The molecule has 0 aliphatic rings. The summed E-state index contributed by atoms with van der Waals surface area (Å²) in [4.78, 5) is 27.1. The van der Waals surface area contributed by atoms with Crippen LogP contribution in [0, 0.1) is 5.92 Å². The summed E-state index contributed by atoms with van der Waals surface area (Å²) in [5, 5.41) is 4.28. The minimum Gasteiger partial charge on any atom is -0.484 e. The van der Waals surface area contributed by atoms with Crippen LogP contribution in [-0.2, 0) is 16.1 Å². The van der Waals surface area contributed by atoms with E-state index in [9.17, 15) is 9.59 Å². The molecule has 162 valence electrons. The van der Waals surface area contributed by atoms with Gasteiger partial charge in [0.25, 0.3) is 5.91 Å². The van der Waals surface area contributed by atoms with Gasteiger partial charge < -0.3 is 15.0 Å². The van der Waals surface area contributed by atoms with Crippen molar-refractivity contribution in [1.29, 1.82) is 0 Å². The first kappa shape index (κ1) is 24.3. The number of amides is 2. The maximum atomic E-state index is 13.0. The molecule has 0 aliphatic heterocycles. The molecule has 2 aromatic carbocycles. The van der Waals surface area contributed by atoms with Crippen molar-refractivity contribution < 1.29 is 14.3 Å². The molecule has 0 bridgehead atoms. The standard InChI is InChI=1S/C22H25Cl3N2O3/c1-14(2)11-26-22(29)15(3)27(12-16-7-8-18(24)10-20(16)25)21(28)13-30-19-6-4-5-17(23)9-19/h4-10,14-15H,11-13H2,1-3H3,(H,26,29)/t15-/m0/s1. The first-order valence-corrected chi connectivity index (χ1v) is 10.7. The Morgan fingerprint density at radius 1 is 1.03 bits per heavy atom. The topological polar surface area (TPSA) is 58.6 Å². The lowest BCUT2D eigenvalue weighted by molar-refractivity contribution is -0.142. The van der Waals surface area contributed by atoms with Crippen LogP contribution >= 0.6 is 34.8 Å². The molecule has 0 saturated heterocycles. The van der Waals surface area contributed by atoms with Crippen molar-refractivity contribution in [2.75, 3.05) is 13.2 Å². The summed E-state index contributed by atoms with van der Waals surface area (Å²) in [5.41, 5.74) is 0.681. The quantitative estimate of drug-likeness (QED) is 0.546. The summed E-state index contributed by atoms with van der Waals surface area (Å²) in [6.45, 7) is 6.10. The van der Waals surface area contributed by atoms with E-state index in [1.54, 1.807) is 49.4 Å². The second-order valence-electron chi connectivity index (χ2n) is 7.32. The number of benzene rings is 2. The molecule has 0 spiro atoms. The number of ether oxygens (including phenoxy) is 1. The van der Waals surface area contributed by atoms with Crippen molar-refractivity contribution in [1.82, 2.24) is 10.2 Å². The van der Waals surface area contributed by atoms with E-state index in [2.05, 4.69) is 5.32 Å². The number of hydrogen-bond donors (Lipinski definition) is 1. The predicted octanol–water partition coefficient (Wildman–Crippen LogP) is 5.22. The molecule has 0 aliphatic carbocycles. The van der Waals surface area contributed by atoms with Crippen molar-refractivity contribution in [3.8, 4) is 5.75 Å². The largest absolute Gasteiger partial charge is 0.484 e. The van der Waals surface area contributed by atoms with Gasteiger partial charge in [-0.1, -0.05) is 60.8 Å². The van der Waals surface area contributed by atoms with Gasteiger partial charge in [0.15, 0.2) is 6.61 Å². The zero-order chi connectivity index (χ0) is 22.3. The summed E-state index contributed by atoms with van der Waals surface area (Å²) in [5.74, 6) is 0.164. The third-order valence-electron chi connectivity index (χ3n) is 4.37. The summed E-state index contributed by atoms with van der Waals surface area (Å²) >= 11 is 18.2. The number of carbonyl (C=O) groups excluding carboxylic acids is 2. The number of nitrogens with zero attached hydrogens (tertiary/aromatic N) is 1. The van der Waals surface area contributed by atoms with Crippen LogP contribution in [0.5, 0.6) is 5.75 Å². The molecule has 2 amide bonds. The highest BCUT2D eigenvalue weighted by molar-refractivity contribution is 6.35. The first-order valence-electron chi connectivity index (χ1n) is 9.57. The van der Waals surface area contributed by atoms with Gasteiger partial charge in [0.2, 0.25) is 5.91 Å². The predicted molar refractivity (Wildman–Crippen MR) is 121 cm³/mol. The van der Waals surface area contributed by atoms with Gasteiger partial charge in [0.05, 0.1) is 0 Å². The average molecular weight is 472 g/mol. The third-order valence-corrected chi connectivity index (χ3v) is 5.19. The Labute approximate surface area is 192 Å². The molecular formula is C22H25Cl3N2O3. The molecule has 0 fully saturated rings. The molecule has 8 heteroatoms. The Bertz CT molecular complexity index is 890. The van der Waals surface area contributed by atoms with Gasteiger partial charge in [0.1, 0.15) is 11.8 Å². The lowest BCUT2D eigenvalue weighted by Crippen LogP contribution is -2.49. The molecule has 30 heavy (non-hydrogen) atoms. The van der Waals surface area contributed by atoms with Gasteiger partial charge in [-0.25, -0.2) is 0 Å². The highest BCUT2D eigenvalue weighted by Gasteiger charge is 2.27. The van der Waals surface area contributed by atoms with E-state index in [4.69, 9.17) is 39.5 Å². The van der Waals surface area contributed by atoms with E-state index >= 15 is 0 Å². The molecule has 5 nitrogen and oxygen atoms in total. The fourth-order valence-electron chi connectivity index (χ4n) is 2.65. The van der Waals surface area contributed by atoms with Crippen molar-refractivity contribution in [2.24, 2.45) is 5.92 Å². The highest BCUT2D eigenvalue weighted by atomic mass is 35.5. The normalized spacial score (nSPS) is 11.8. The van der Waals surface area contributed by atoms with E-state index in [0.717, 1.165) is 0 Å². The molecule has 0 heterocycles. The van der Waals surface area contributed by atoms with Crippen LogP contribution in [0.25, 0.3) is 0 Å². The SMILES string of the molecule is CC(C)CNC(=O)[C@H](C)N(Cc1ccc(Cl)cc1Cl)C(=O)COc1cccc(Cl)c1. The fraction of sp³-hybridized carbons (Fsp3) is 0.364. The Kier molecular flexibility index (Phi) is 9.28. The fourth-order valence-corrected chi connectivity index (χ4v) is 3.30. The molecule has 2 aromatic rings. The van der Waals surface area contributed by atoms with Gasteiger partial charge in [-0.15, -0.1) is 0 Å². The zero-order valence-corrected chi connectivity index (χ0v) is 19.4. The summed E-state index contributed by atoms with van der Waals surface area (Å²) in [7, 11) is 0. The lowest BCUT2D eigenvalue weighted by Gasteiger charge is -2.29. The van der Waals surface area contributed by atoms with Crippen LogP contribution in [0.1, 0.15) is 26.3 Å². The molecule has 1 N–H and O–H groups in total. The number of carbonyl (C=O) groups is 2. The van der Waals surface area contributed by atoms with Gasteiger partial charge in [-0.05, 0) is 48.7 Å². The Morgan fingerprint density at radius 3 is 2.37 bits per heavy atom. The second-order valence-corrected chi connectivity index (χ2v) is 8.60. The monoisotopic (exact) mass is 470 g/mol. The van der Waals surface area contributed by atoms with E-state index in [1.165, 1.54) is 4.90 Å². The highest BCUT2D eigenvalue weighted by Crippen LogP contribution is 2.23. The Hall–Kier alpha value is -1.95. The van der Waals surface area contributed by atoms with Gasteiger partial charge in [-0.2, -0.15) is 0 Å². The van der Waals surface area contributed by atoms with Crippen LogP contribution in [0.15, 0.2) is 42.5 Å². The second kappa shape index (κ2) is 11.4. The zero-order valence-electron chi connectivity index (χ0n) is 17.1. The van der Waals surface area contributed by atoms with Gasteiger partial charge in [0, 0.05) is 28.2 Å². The van der Waals surface area contributed by atoms with Crippen molar-refractivity contribution in [3.05, 3.63) is 63.1 Å². The third kappa shape index (κ3) is 7.38. The average Bonchev–Trinajstić information content (AvgIpc) is 2.69. The van der Waals surface area contributed by atoms with Crippen molar-refractivity contribution >= 4 is 46.6 Å². The molecule has 0 radical (unpaired) electrons. The summed E-state index contributed by atoms with van der Waals surface area (Å²) in [6.07, 6.45) is 0. The van der Waals surface area contributed by atoms with Crippen LogP contribution in [-0.4, -0.2) is 35.9 Å². The van der Waals surface area contributed by atoms with E-state index in [-0.39, 0.29) is 25.0 Å². The van der Waals surface area contributed by atoms with E-state index < -0.39 is 6.04 Å².